The highest BCUT2D eigenvalue weighted by molar-refractivity contribution is 8.26. The van der Waals surface area contributed by atoms with E-state index in [1.54, 1.807) is 36.4 Å². The molecule has 2 N–H and O–H groups in total. The summed E-state index contributed by atoms with van der Waals surface area (Å²) >= 11 is 5.81. The number of anilines is 2. The molecule has 0 saturated heterocycles. The Morgan fingerprint density at radius 2 is 2.00 bits per heavy atom. The highest BCUT2D eigenvalue weighted by atomic mass is 35.5. The number of nitriles is 1. The lowest BCUT2D eigenvalue weighted by molar-refractivity contribution is 0.101. The van der Waals surface area contributed by atoms with Gasteiger partial charge < -0.3 is 4.74 Å². The topological polar surface area (TPSA) is 106 Å². The van der Waals surface area contributed by atoms with E-state index in [1.807, 2.05) is 0 Å². The number of ether oxygens (including phenoxy) is 1. The second-order valence-electron chi connectivity index (χ2n) is 8.00. The van der Waals surface area contributed by atoms with Crippen molar-refractivity contribution in [2.45, 2.75) is 12.3 Å². The molecule has 1 unspecified atom stereocenters. The first-order chi connectivity index (χ1) is 16.1. The predicted octanol–water partition coefficient (Wildman–Crippen LogP) is 5.95. The SMILES string of the molecule is CN1c2cc(-c3cc(Oc4ccnc(Cl)n4)ccc3C#N)ccc2N(CC2CC2(F)F)S1(O)O. The molecule has 1 fully saturated rings. The van der Waals surface area contributed by atoms with Crippen molar-refractivity contribution in [3.63, 3.8) is 0 Å². The Kier molecular flexibility index (Phi) is 5.29. The van der Waals surface area contributed by atoms with Gasteiger partial charge in [0.1, 0.15) is 5.75 Å². The van der Waals surface area contributed by atoms with Crippen LogP contribution in [0.1, 0.15) is 12.0 Å². The summed E-state index contributed by atoms with van der Waals surface area (Å²) in [5.41, 5.74) is 2.42. The summed E-state index contributed by atoms with van der Waals surface area (Å²) in [7, 11) is -1.99. The van der Waals surface area contributed by atoms with Crippen LogP contribution in [0.4, 0.5) is 20.2 Å². The standard InChI is InChI=1S/C22H18ClF2N5O3S/c1-29-19-8-13(3-5-18(19)30(34(29,31)32)12-15-10-22(15,24)25)17-9-16(4-2-14(17)11-26)33-20-6-7-27-21(23)28-20/h2-9,15,31-32H,10,12H2,1H3. The van der Waals surface area contributed by atoms with Gasteiger partial charge in [-0.1, -0.05) is 6.07 Å². The fourth-order valence-corrected chi connectivity index (χ4v) is 5.50. The average Bonchev–Trinajstić information content (AvgIpc) is 3.36. The van der Waals surface area contributed by atoms with Crippen molar-refractivity contribution in [2.24, 2.45) is 5.92 Å². The molecule has 1 aromatic heterocycles. The Hall–Kier alpha value is -3.17. The summed E-state index contributed by atoms with van der Waals surface area (Å²) in [5, 5.41) is 9.66. The Morgan fingerprint density at radius 1 is 1.24 bits per heavy atom. The quantitative estimate of drug-likeness (QED) is 0.409. The van der Waals surface area contributed by atoms with Crippen LogP contribution >= 0.6 is 22.6 Å². The van der Waals surface area contributed by atoms with Crippen LogP contribution in [0.2, 0.25) is 5.28 Å². The van der Waals surface area contributed by atoms with E-state index in [1.165, 1.54) is 27.9 Å². The Labute approximate surface area is 200 Å². The number of hydrogen-bond donors (Lipinski definition) is 2. The predicted molar refractivity (Wildman–Crippen MR) is 125 cm³/mol. The monoisotopic (exact) mass is 505 g/mol. The maximum absolute atomic E-state index is 13.5. The minimum Gasteiger partial charge on any atom is -0.439 e. The Bertz CT molecular complexity index is 1340. The van der Waals surface area contributed by atoms with Crippen molar-refractivity contribution < 1.29 is 22.6 Å². The molecule has 0 radical (unpaired) electrons. The number of nitrogens with zero attached hydrogens (tertiary/aromatic N) is 5. The molecule has 2 heterocycles. The maximum Gasteiger partial charge on any atom is 0.253 e. The molecule has 2 aliphatic rings. The molecule has 5 rings (SSSR count). The van der Waals surface area contributed by atoms with Crippen molar-refractivity contribution in [1.82, 2.24) is 9.97 Å². The van der Waals surface area contributed by atoms with Gasteiger partial charge in [-0.25, -0.2) is 13.8 Å². The van der Waals surface area contributed by atoms with Gasteiger partial charge in [0.2, 0.25) is 11.2 Å². The molecule has 3 aromatic rings. The first-order valence-corrected chi connectivity index (χ1v) is 12.0. The highest BCUT2D eigenvalue weighted by Gasteiger charge is 2.59. The molecule has 34 heavy (non-hydrogen) atoms. The van der Waals surface area contributed by atoms with E-state index in [0.29, 0.717) is 33.8 Å². The van der Waals surface area contributed by atoms with Gasteiger partial charge in [-0.05, 0) is 58.5 Å². The molecule has 8 nitrogen and oxygen atoms in total. The molecule has 0 spiro atoms. The van der Waals surface area contributed by atoms with Gasteiger partial charge in [0, 0.05) is 43.8 Å². The summed E-state index contributed by atoms with van der Waals surface area (Å²) in [6.45, 7) is -0.166. The lowest BCUT2D eigenvalue weighted by atomic mass is 9.99. The summed E-state index contributed by atoms with van der Waals surface area (Å²) in [4.78, 5) is 7.79. The number of rotatable bonds is 5. The molecular weight excluding hydrogens is 488 g/mol. The van der Waals surface area contributed by atoms with Gasteiger partial charge in [0.05, 0.1) is 23.0 Å². The fourth-order valence-electron chi connectivity index (χ4n) is 3.85. The largest absolute Gasteiger partial charge is 0.439 e. The third kappa shape index (κ3) is 3.88. The number of fused-ring (bicyclic) bond motifs is 1. The van der Waals surface area contributed by atoms with Crippen LogP contribution in [0, 0.1) is 17.2 Å². The van der Waals surface area contributed by atoms with Gasteiger partial charge in [-0.15, -0.1) is 0 Å². The number of alkyl halides is 2. The third-order valence-electron chi connectivity index (χ3n) is 5.83. The molecule has 2 aromatic carbocycles. The zero-order valence-electron chi connectivity index (χ0n) is 17.7. The maximum atomic E-state index is 13.5. The molecule has 1 aliphatic carbocycles. The highest BCUT2D eigenvalue weighted by Crippen LogP contribution is 2.63. The number of aromatic nitrogens is 2. The van der Waals surface area contributed by atoms with E-state index < -0.39 is 22.8 Å². The van der Waals surface area contributed by atoms with E-state index in [4.69, 9.17) is 16.3 Å². The van der Waals surface area contributed by atoms with Gasteiger partial charge in [0.25, 0.3) is 5.92 Å². The average molecular weight is 506 g/mol. The number of hydrogen-bond acceptors (Lipinski definition) is 8. The van der Waals surface area contributed by atoms with Crippen molar-refractivity contribution in [2.75, 3.05) is 22.2 Å². The minimum absolute atomic E-state index is 0.0283. The van der Waals surface area contributed by atoms with Gasteiger partial charge in [-0.2, -0.15) is 10.2 Å². The molecular formula is C22H18ClF2N5O3S. The van der Waals surface area contributed by atoms with Gasteiger partial charge in [-0.3, -0.25) is 17.7 Å². The molecule has 1 atom stereocenters. The van der Waals surface area contributed by atoms with Crippen molar-refractivity contribution in [3.05, 3.63) is 59.5 Å². The molecule has 1 aliphatic heterocycles. The van der Waals surface area contributed by atoms with E-state index in [2.05, 4.69) is 16.0 Å². The van der Waals surface area contributed by atoms with Crippen LogP contribution in [0.25, 0.3) is 11.1 Å². The molecule has 0 amide bonds. The summed E-state index contributed by atoms with van der Waals surface area (Å²) in [6, 6.07) is 13.6. The van der Waals surface area contributed by atoms with Crippen LogP contribution in [0.15, 0.2) is 48.7 Å². The fraction of sp³-hybridized carbons (Fsp3) is 0.227. The zero-order chi connectivity index (χ0) is 24.3. The Balaban J connectivity index is 1.50. The van der Waals surface area contributed by atoms with Gasteiger partial charge in [0.15, 0.2) is 0 Å². The first-order valence-electron chi connectivity index (χ1n) is 10.1. The second kappa shape index (κ2) is 7.95. The van der Waals surface area contributed by atoms with E-state index in [9.17, 15) is 23.1 Å². The van der Waals surface area contributed by atoms with Crippen LogP contribution < -0.4 is 13.3 Å². The third-order valence-corrected chi connectivity index (χ3v) is 7.88. The second-order valence-corrected chi connectivity index (χ2v) is 10.3. The minimum atomic E-state index is -3.48. The van der Waals surface area contributed by atoms with Crippen LogP contribution in [-0.2, 0) is 0 Å². The van der Waals surface area contributed by atoms with Crippen LogP contribution in [0.5, 0.6) is 11.6 Å². The number of halogens is 3. The molecule has 176 valence electrons. The zero-order valence-corrected chi connectivity index (χ0v) is 19.3. The van der Waals surface area contributed by atoms with E-state index >= 15 is 0 Å². The van der Waals surface area contributed by atoms with Gasteiger partial charge >= 0.3 is 0 Å². The van der Waals surface area contributed by atoms with Crippen LogP contribution in [0.3, 0.4) is 0 Å². The molecule has 1 saturated carbocycles. The lowest BCUT2D eigenvalue weighted by Gasteiger charge is -2.42. The van der Waals surface area contributed by atoms with Crippen molar-refractivity contribution >= 4 is 33.9 Å². The summed E-state index contributed by atoms with van der Waals surface area (Å²) < 4.78 is 56.7. The summed E-state index contributed by atoms with van der Waals surface area (Å²) in [6.07, 6.45) is 1.18. The van der Waals surface area contributed by atoms with Crippen LogP contribution in [-0.4, -0.2) is 38.6 Å². The summed E-state index contributed by atoms with van der Waals surface area (Å²) in [5.74, 6) is -3.08. The van der Waals surface area contributed by atoms with Crippen molar-refractivity contribution in [3.8, 4) is 28.8 Å². The smallest absolute Gasteiger partial charge is 0.253 e. The molecule has 0 bridgehead atoms. The molecule has 12 heteroatoms. The van der Waals surface area contributed by atoms with E-state index in [0.717, 1.165) is 0 Å². The Morgan fingerprint density at radius 3 is 2.68 bits per heavy atom. The van der Waals surface area contributed by atoms with E-state index in [-0.39, 0.29) is 24.1 Å². The van der Waals surface area contributed by atoms with Crippen molar-refractivity contribution in [1.29, 1.82) is 5.26 Å². The number of benzene rings is 2. The lowest BCUT2D eigenvalue weighted by Crippen LogP contribution is -2.33. The first kappa shape index (κ1) is 22.6. The normalized spacial score (nSPS) is 20.4.